The molecule has 102 valence electrons. The second kappa shape index (κ2) is 7.46. The summed E-state index contributed by atoms with van der Waals surface area (Å²) in [5.74, 6) is 5.12. The third-order valence-corrected chi connectivity index (χ3v) is 6.28. The molecule has 1 aromatic rings. The number of aromatic nitrogens is 2. The minimum Gasteiger partial charge on any atom is -0.338 e. The van der Waals surface area contributed by atoms with Crippen molar-refractivity contribution in [3.05, 3.63) is 18.2 Å². The molecule has 0 spiro atoms. The first-order valence-corrected chi connectivity index (χ1v) is 8.90. The summed E-state index contributed by atoms with van der Waals surface area (Å²) in [4.78, 5) is 4.42. The molecule has 0 radical (unpaired) electrons. The Balaban J connectivity index is 1.87. The number of thioether (sulfide) groups is 2. The molecule has 2 rings (SSSR count). The van der Waals surface area contributed by atoms with E-state index < -0.39 is 0 Å². The third-order valence-electron chi connectivity index (χ3n) is 3.36. The Morgan fingerprint density at radius 3 is 3.06 bits per heavy atom. The zero-order valence-electron chi connectivity index (χ0n) is 11.3. The fourth-order valence-electron chi connectivity index (χ4n) is 2.34. The summed E-state index contributed by atoms with van der Waals surface area (Å²) in [6.45, 7) is 3.27. The van der Waals surface area contributed by atoms with Gasteiger partial charge in [0, 0.05) is 54.4 Å². The zero-order valence-corrected chi connectivity index (χ0v) is 12.9. The maximum atomic E-state index is 4.42. The van der Waals surface area contributed by atoms with Gasteiger partial charge >= 0.3 is 0 Å². The smallest absolute Gasteiger partial charge is 0.108 e. The number of hydrogen-bond donors (Lipinski definition) is 1. The summed E-state index contributed by atoms with van der Waals surface area (Å²) in [6, 6.07) is 0.629. The third kappa shape index (κ3) is 3.93. The van der Waals surface area contributed by atoms with Crippen molar-refractivity contribution in [2.24, 2.45) is 7.05 Å². The highest BCUT2D eigenvalue weighted by Gasteiger charge is 2.23. The van der Waals surface area contributed by atoms with Crippen molar-refractivity contribution in [1.82, 2.24) is 14.9 Å². The predicted molar refractivity (Wildman–Crippen MR) is 82.6 cm³/mol. The Labute approximate surface area is 119 Å². The maximum absolute atomic E-state index is 4.42. The van der Waals surface area contributed by atoms with Gasteiger partial charge in [0.05, 0.1) is 0 Å². The van der Waals surface area contributed by atoms with Crippen LogP contribution in [-0.2, 0) is 13.5 Å². The second-order valence-corrected chi connectivity index (χ2v) is 7.14. The zero-order chi connectivity index (χ0) is 12.8. The predicted octanol–water partition coefficient (Wildman–Crippen LogP) is 2.18. The van der Waals surface area contributed by atoms with Gasteiger partial charge in [0.15, 0.2) is 0 Å². The van der Waals surface area contributed by atoms with Crippen LogP contribution in [0.5, 0.6) is 0 Å². The average Bonchev–Trinajstić information content (AvgIpc) is 2.81. The lowest BCUT2D eigenvalue weighted by Crippen LogP contribution is -2.41. The van der Waals surface area contributed by atoms with E-state index in [1.807, 2.05) is 12.4 Å². The Bertz CT molecular complexity index is 348. The molecule has 1 N–H and O–H groups in total. The minimum absolute atomic E-state index is 0.629. The van der Waals surface area contributed by atoms with Gasteiger partial charge in [0.2, 0.25) is 0 Å². The molecule has 0 aromatic carbocycles. The van der Waals surface area contributed by atoms with Crippen LogP contribution < -0.4 is 5.32 Å². The van der Waals surface area contributed by atoms with E-state index in [9.17, 15) is 0 Å². The highest BCUT2D eigenvalue weighted by Crippen LogP contribution is 2.28. The molecule has 0 bridgehead atoms. The number of imidazole rings is 1. The first-order valence-electron chi connectivity index (χ1n) is 6.70. The summed E-state index contributed by atoms with van der Waals surface area (Å²) in [5, 5.41) is 4.43. The molecule has 1 fully saturated rings. The molecule has 2 heterocycles. The first-order chi connectivity index (χ1) is 8.81. The van der Waals surface area contributed by atoms with Gasteiger partial charge in [-0.3, -0.25) is 0 Å². The molecule has 1 saturated heterocycles. The average molecular weight is 285 g/mol. The van der Waals surface area contributed by atoms with E-state index in [2.05, 4.69) is 52.4 Å². The molecule has 18 heavy (non-hydrogen) atoms. The Kier molecular flexibility index (Phi) is 5.92. The Morgan fingerprint density at radius 1 is 1.56 bits per heavy atom. The van der Waals surface area contributed by atoms with Gasteiger partial charge in [0.1, 0.15) is 5.82 Å². The van der Waals surface area contributed by atoms with Crippen LogP contribution in [0.1, 0.15) is 19.2 Å². The fraction of sp³-hybridized carbons (Fsp3) is 0.769. The Morgan fingerprint density at radius 2 is 2.44 bits per heavy atom. The lowest BCUT2D eigenvalue weighted by Gasteiger charge is -2.30. The van der Waals surface area contributed by atoms with Crippen LogP contribution in [0.2, 0.25) is 0 Å². The van der Waals surface area contributed by atoms with Crippen LogP contribution in [0.3, 0.4) is 0 Å². The number of nitrogens with one attached hydrogen (secondary N) is 1. The molecule has 1 aromatic heterocycles. The molecule has 0 amide bonds. The van der Waals surface area contributed by atoms with Gasteiger partial charge in [0.25, 0.3) is 0 Å². The van der Waals surface area contributed by atoms with Crippen molar-refractivity contribution < 1.29 is 0 Å². The largest absolute Gasteiger partial charge is 0.338 e. The van der Waals surface area contributed by atoms with Gasteiger partial charge in [-0.25, -0.2) is 4.98 Å². The molecule has 1 aliphatic rings. The number of aryl methyl sites for hydroxylation is 2. The standard InChI is InChI=1S/C13H23N3S2/c1-3-14-11(12-10-17-8-9-18-12)4-5-13-15-6-7-16(13)2/h6-7,11-12,14H,3-5,8-10H2,1-2H3. The summed E-state index contributed by atoms with van der Waals surface area (Å²) >= 11 is 4.24. The van der Waals surface area contributed by atoms with E-state index in [1.54, 1.807) is 0 Å². The molecule has 2 atom stereocenters. The first kappa shape index (κ1) is 14.3. The van der Waals surface area contributed by atoms with E-state index in [1.165, 1.54) is 29.5 Å². The molecule has 2 unspecified atom stereocenters. The van der Waals surface area contributed by atoms with Crippen LogP contribution in [0.4, 0.5) is 0 Å². The molecular formula is C13H23N3S2. The van der Waals surface area contributed by atoms with Crippen molar-refractivity contribution in [1.29, 1.82) is 0 Å². The number of nitrogens with zero attached hydrogens (tertiary/aromatic N) is 2. The normalized spacial score (nSPS) is 22.0. The topological polar surface area (TPSA) is 29.9 Å². The van der Waals surface area contributed by atoms with Crippen LogP contribution >= 0.6 is 23.5 Å². The Hall–Kier alpha value is -0.130. The highest BCUT2D eigenvalue weighted by atomic mass is 32.2. The van der Waals surface area contributed by atoms with Crippen molar-refractivity contribution in [2.45, 2.75) is 31.1 Å². The molecule has 1 aliphatic heterocycles. The fourth-order valence-corrected chi connectivity index (χ4v) is 5.27. The van der Waals surface area contributed by atoms with Crippen molar-refractivity contribution in [2.75, 3.05) is 23.8 Å². The van der Waals surface area contributed by atoms with Gasteiger partial charge in [-0.1, -0.05) is 6.92 Å². The van der Waals surface area contributed by atoms with Gasteiger partial charge in [-0.2, -0.15) is 23.5 Å². The summed E-state index contributed by atoms with van der Waals surface area (Å²) in [6.07, 6.45) is 6.19. The molecule has 5 heteroatoms. The summed E-state index contributed by atoms with van der Waals surface area (Å²) in [7, 11) is 2.08. The molecular weight excluding hydrogens is 262 g/mol. The van der Waals surface area contributed by atoms with Crippen LogP contribution in [0.25, 0.3) is 0 Å². The monoisotopic (exact) mass is 285 g/mol. The molecule has 0 aliphatic carbocycles. The van der Waals surface area contributed by atoms with E-state index >= 15 is 0 Å². The van der Waals surface area contributed by atoms with Gasteiger partial charge in [-0.15, -0.1) is 0 Å². The van der Waals surface area contributed by atoms with Crippen molar-refractivity contribution >= 4 is 23.5 Å². The maximum Gasteiger partial charge on any atom is 0.108 e. The number of rotatable bonds is 6. The molecule has 0 saturated carbocycles. The van der Waals surface area contributed by atoms with E-state index in [0.717, 1.165) is 18.2 Å². The van der Waals surface area contributed by atoms with E-state index in [0.29, 0.717) is 6.04 Å². The van der Waals surface area contributed by atoms with Crippen LogP contribution in [-0.4, -0.2) is 44.6 Å². The highest BCUT2D eigenvalue weighted by molar-refractivity contribution is 8.06. The second-order valence-electron chi connectivity index (χ2n) is 4.64. The van der Waals surface area contributed by atoms with Gasteiger partial charge in [-0.05, 0) is 13.0 Å². The lowest BCUT2D eigenvalue weighted by molar-refractivity contribution is 0.484. The van der Waals surface area contributed by atoms with E-state index in [4.69, 9.17) is 0 Å². The van der Waals surface area contributed by atoms with Crippen LogP contribution in [0, 0.1) is 0 Å². The van der Waals surface area contributed by atoms with Crippen molar-refractivity contribution in [3.63, 3.8) is 0 Å². The minimum atomic E-state index is 0.629. The van der Waals surface area contributed by atoms with Crippen LogP contribution in [0.15, 0.2) is 12.4 Å². The molecule has 3 nitrogen and oxygen atoms in total. The summed E-state index contributed by atoms with van der Waals surface area (Å²) in [5.41, 5.74) is 0. The van der Waals surface area contributed by atoms with Gasteiger partial charge < -0.3 is 9.88 Å². The quantitative estimate of drug-likeness (QED) is 0.868. The summed E-state index contributed by atoms with van der Waals surface area (Å²) < 4.78 is 2.13. The van der Waals surface area contributed by atoms with E-state index in [-0.39, 0.29) is 0 Å². The van der Waals surface area contributed by atoms with Crippen molar-refractivity contribution in [3.8, 4) is 0 Å². The number of hydrogen-bond acceptors (Lipinski definition) is 4. The SMILES string of the molecule is CCNC(CCc1nccn1C)C1CSCCS1. The lowest BCUT2D eigenvalue weighted by atomic mass is 10.1.